The second-order valence-corrected chi connectivity index (χ2v) is 5.70. The maximum absolute atomic E-state index is 13.0. The van der Waals surface area contributed by atoms with Crippen molar-refractivity contribution in [3.63, 3.8) is 0 Å². The standard InChI is InChI=1S/C17H14ClF3N2O2/c1-23(10-15(24)22-12-8-6-11(18)7-9-12)16(25)13-4-2-3-5-14(13)17(19,20)21/h2-9H,10H2,1H3,(H,22,24). The minimum Gasteiger partial charge on any atom is -0.332 e. The summed E-state index contributed by atoms with van der Waals surface area (Å²) in [6, 6.07) is 10.7. The van der Waals surface area contributed by atoms with Gasteiger partial charge in [0.1, 0.15) is 0 Å². The number of rotatable bonds is 4. The van der Waals surface area contributed by atoms with Gasteiger partial charge >= 0.3 is 6.18 Å². The maximum atomic E-state index is 13.0. The lowest BCUT2D eigenvalue weighted by Gasteiger charge is -2.19. The van der Waals surface area contributed by atoms with Gasteiger partial charge in [-0.1, -0.05) is 23.7 Å². The van der Waals surface area contributed by atoms with Crippen LogP contribution in [-0.2, 0) is 11.0 Å². The fraction of sp³-hybridized carbons (Fsp3) is 0.176. The van der Waals surface area contributed by atoms with Gasteiger partial charge in [0.05, 0.1) is 17.7 Å². The molecule has 0 atom stereocenters. The van der Waals surface area contributed by atoms with E-state index < -0.39 is 35.7 Å². The Morgan fingerprint density at radius 2 is 1.68 bits per heavy atom. The third-order valence-electron chi connectivity index (χ3n) is 3.32. The molecule has 0 saturated carbocycles. The number of hydrogen-bond donors (Lipinski definition) is 1. The summed E-state index contributed by atoms with van der Waals surface area (Å²) in [6.45, 7) is -0.395. The molecule has 0 radical (unpaired) electrons. The molecule has 132 valence electrons. The second-order valence-electron chi connectivity index (χ2n) is 5.26. The van der Waals surface area contributed by atoms with Crippen LogP contribution in [0.25, 0.3) is 0 Å². The van der Waals surface area contributed by atoms with Crippen LogP contribution in [0.2, 0.25) is 5.02 Å². The minimum absolute atomic E-state index is 0.395. The number of carbonyl (C=O) groups excluding carboxylic acids is 2. The predicted octanol–water partition coefficient (Wildman–Crippen LogP) is 4.07. The number of halogens is 4. The number of hydrogen-bond acceptors (Lipinski definition) is 2. The van der Waals surface area contributed by atoms with Crippen LogP contribution in [0.4, 0.5) is 18.9 Å². The number of anilines is 1. The molecule has 0 saturated heterocycles. The van der Waals surface area contributed by atoms with Crippen molar-refractivity contribution in [1.82, 2.24) is 4.90 Å². The van der Waals surface area contributed by atoms with Crippen molar-refractivity contribution in [3.8, 4) is 0 Å². The van der Waals surface area contributed by atoms with E-state index in [-0.39, 0.29) is 0 Å². The molecule has 0 aliphatic rings. The highest BCUT2D eigenvalue weighted by Crippen LogP contribution is 2.32. The molecule has 0 bridgehead atoms. The van der Waals surface area contributed by atoms with Gasteiger partial charge in [0.25, 0.3) is 5.91 Å². The SMILES string of the molecule is CN(CC(=O)Nc1ccc(Cl)cc1)C(=O)c1ccccc1C(F)(F)F. The molecule has 8 heteroatoms. The van der Waals surface area contributed by atoms with Crippen LogP contribution in [0, 0.1) is 0 Å². The second kappa shape index (κ2) is 7.57. The highest BCUT2D eigenvalue weighted by atomic mass is 35.5. The fourth-order valence-electron chi connectivity index (χ4n) is 2.14. The van der Waals surface area contributed by atoms with E-state index in [2.05, 4.69) is 5.32 Å². The molecule has 0 aliphatic heterocycles. The van der Waals surface area contributed by atoms with Gasteiger partial charge in [-0.3, -0.25) is 9.59 Å². The molecule has 0 unspecified atom stereocenters. The average Bonchev–Trinajstić information content (AvgIpc) is 2.55. The van der Waals surface area contributed by atoms with Crippen molar-refractivity contribution in [2.45, 2.75) is 6.18 Å². The van der Waals surface area contributed by atoms with E-state index in [0.717, 1.165) is 17.0 Å². The summed E-state index contributed by atoms with van der Waals surface area (Å²) in [5.41, 5.74) is -1.08. The van der Waals surface area contributed by atoms with Crippen LogP contribution in [0.5, 0.6) is 0 Å². The lowest BCUT2D eigenvalue weighted by atomic mass is 10.1. The molecule has 0 aromatic heterocycles. The normalized spacial score (nSPS) is 11.1. The molecule has 2 aromatic rings. The van der Waals surface area contributed by atoms with Crippen LogP contribution in [0.3, 0.4) is 0 Å². The number of amides is 2. The molecule has 4 nitrogen and oxygen atoms in total. The zero-order chi connectivity index (χ0) is 18.6. The Morgan fingerprint density at radius 1 is 1.08 bits per heavy atom. The Bertz CT molecular complexity index is 776. The average molecular weight is 371 g/mol. The summed E-state index contributed by atoms with van der Waals surface area (Å²) in [5.74, 6) is -1.43. The summed E-state index contributed by atoms with van der Waals surface area (Å²) in [4.78, 5) is 25.2. The van der Waals surface area contributed by atoms with E-state index in [4.69, 9.17) is 11.6 Å². The van der Waals surface area contributed by atoms with Crippen LogP contribution in [-0.4, -0.2) is 30.3 Å². The lowest BCUT2D eigenvalue weighted by Crippen LogP contribution is -2.35. The molecule has 0 heterocycles. The van der Waals surface area contributed by atoms with Gasteiger partial charge in [-0.25, -0.2) is 0 Å². The zero-order valence-electron chi connectivity index (χ0n) is 13.1. The van der Waals surface area contributed by atoms with Crippen LogP contribution < -0.4 is 5.32 Å². The van der Waals surface area contributed by atoms with E-state index in [1.807, 2.05) is 0 Å². The number of benzene rings is 2. The molecule has 1 N–H and O–H groups in total. The Kier molecular flexibility index (Phi) is 5.69. The molecule has 2 aromatic carbocycles. The monoisotopic (exact) mass is 370 g/mol. The smallest absolute Gasteiger partial charge is 0.332 e. The van der Waals surface area contributed by atoms with Gasteiger partial charge in [-0.05, 0) is 36.4 Å². The maximum Gasteiger partial charge on any atom is 0.417 e. The summed E-state index contributed by atoms with van der Waals surface area (Å²) in [7, 11) is 1.26. The van der Waals surface area contributed by atoms with Crippen molar-refractivity contribution in [2.24, 2.45) is 0 Å². The van der Waals surface area contributed by atoms with Crippen molar-refractivity contribution < 1.29 is 22.8 Å². The molecule has 0 aliphatic carbocycles. The first-order valence-corrected chi connectivity index (χ1v) is 7.53. The van der Waals surface area contributed by atoms with Gasteiger partial charge in [0, 0.05) is 17.8 Å². The topological polar surface area (TPSA) is 49.4 Å². The first-order valence-electron chi connectivity index (χ1n) is 7.15. The molecule has 0 spiro atoms. The van der Waals surface area contributed by atoms with E-state index in [1.54, 1.807) is 24.3 Å². The first-order chi connectivity index (χ1) is 11.7. The van der Waals surface area contributed by atoms with Gasteiger partial charge in [0.2, 0.25) is 5.91 Å². The van der Waals surface area contributed by atoms with Crippen molar-refractivity contribution in [2.75, 3.05) is 18.9 Å². The number of nitrogens with one attached hydrogen (secondary N) is 1. The minimum atomic E-state index is -4.65. The Morgan fingerprint density at radius 3 is 2.28 bits per heavy atom. The molecule has 2 amide bonds. The van der Waals surface area contributed by atoms with Crippen LogP contribution >= 0.6 is 11.6 Å². The third kappa shape index (κ3) is 4.96. The third-order valence-corrected chi connectivity index (χ3v) is 3.57. The van der Waals surface area contributed by atoms with Crippen LogP contribution in [0.1, 0.15) is 15.9 Å². The molecule has 25 heavy (non-hydrogen) atoms. The molecular weight excluding hydrogens is 357 g/mol. The number of likely N-dealkylation sites (N-methyl/N-ethyl adjacent to an activating group) is 1. The molecule has 0 fully saturated rings. The summed E-state index contributed by atoms with van der Waals surface area (Å²) in [6.07, 6.45) is -4.65. The van der Waals surface area contributed by atoms with E-state index in [9.17, 15) is 22.8 Å². The van der Waals surface area contributed by atoms with E-state index >= 15 is 0 Å². The van der Waals surface area contributed by atoms with Gasteiger partial charge in [-0.2, -0.15) is 13.2 Å². The highest BCUT2D eigenvalue weighted by molar-refractivity contribution is 6.30. The Balaban J connectivity index is 2.08. The van der Waals surface area contributed by atoms with Gasteiger partial charge in [0.15, 0.2) is 0 Å². The lowest BCUT2D eigenvalue weighted by molar-refractivity contribution is -0.138. The summed E-state index contributed by atoms with van der Waals surface area (Å²) in [5, 5.41) is 3.03. The number of alkyl halides is 3. The fourth-order valence-corrected chi connectivity index (χ4v) is 2.27. The van der Waals surface area contributed by atoms with Crippen molar-refractivity contribution in [1.29, 1.82) is 0 Å². The number of carbonyl (C=O) groups is 2. The largest absolute Gasteiger partial charge is 0.417 e. The van der Waals surface area contributed by atoms with Crippen LogP contribution in [0.15, 0.2) is 48.5 Å². The summed E-state index contributed by atoms with van der Waals surface area (Å²) < 4.78 is 39.0. The van der Waals surface area contributed by atoms with Crippen molar-refractivity contribution in [3.05, 3.63) is 64.7 Å². The van der Waals surface area contributed by atoms with Crippen molar-refractivity contribution >= 4 is 29.1 Å². The Labute approximate surface area is 147 Å². The van der Waals surface area contributed by atoms with E-state index in [1.165, 1.54) is 19.2 Å². The van der Waals surface area contributed by atoms with Gasteiger partial charge < -0.3 is 10.2 Å². The van der Waals surface area contributed by atoms with E-state index in [0.29, 0.717) is 10.7 Å². The summed E-state index contributed by atoms with van der Waals surface area (Å²) >= 11 is 5.74. The highest BCUT2D eigenvalue weighted by Gasteiger charge is 2.35. The molecular formula is C17H14ClF3N2O2. The predicted molar refractivity (Wildman–Crippen MR) is 88.5 cm³/mol. The number of nitrogens with zero attached hydrogens (tertiary/aromatic N) is 1. The first kappa shape index (κ1) is 18.8. The quantitative estimate of drug-likeness (QED) is 0.882. The van der Waals surface area contributed by atoms with Gasteiger partial charge in [-0.15, -0.1) is 0 Å². The Hall–Kier alpha value is -2.54. The molecule has 2 rings (SSSR count). The zero-order valence-corrected chi connectivity index (χ0v) is 13.9.